The molecule has 0 aliphatic carbocycles. The van der Waals surface area contributed by atoms with Gasteiger partial charge in [0.2, 0.25) is 27.8 Å². The van der Waals surface area contributed by atoms with Crippen molar-refractivity contribution in [3.8, 4) is 0 Å². The Morgan fingerprint density at radius 1 is 1.13 bits per heavy atom. The van der Waals surface area contributed by atoms with Gasteiger partial charge in [0.25, 0.3) is 0 Å². The highest BCUT2D eigenvalue weighted by molar-refractivity contribution is 7.89. The van der Waals surface area contributed by atoms with Crippen LogP contribution in [0.4, 0.5) is 11.6 Å². The number of anilines is 2. The van der Waals surface area contributed by atoms with Crippen LogP contribution < -0.4 is 14.9 Å². The van der Waals surface area contributed by atoms with Gasteiger partial charge in [0, 0.05) is 38.2 Å². The number of hydrogen-bond donors (Lipinski definition) is 2. The van der Waals surface area contributed by atoms with E-state index in [2.05, 4.69) is 15.0 Å². The second-order valence-electron chi connectivity index (χ2n) is 7.61. The number of aryl methyl sites for hydroxylation is 1. The highest BCUT2D eigenvalue weighted by Gasteiger charge is 2.28. The predicted octanol–water partition coefficient (Wildman–Crippen LogP) is 1.64. The summed E-state index contributed by atoms with van der Waals surface area (Å²) in [7, 11) is -3.76. The molecule has 2 aliphatic heterocycles. The van der Waals surface area contributed by atoms with E-state index in [4.69, 9.17) is 0 Å². The number of carbonyl (C=O) groups excluding carboxylic acids is 2. The molecule has 0 unspecified atom stereocenters. The van der Waals surface area contributed by atoms with Crippen LogP contribution >= 0.6 is 0 Å². The number of amides is 2. The second-order valence-corrected chi connectivity index (χ2v) is 9.38. The zero-order chi connectivity index (χ0) is 21.6. The summed E-state index contributed by atoms with van der Waals surface area (Å²) in [6, 6.07) is 12.3. The van der Waals surface area contributed by atoms with E-state index in [1.165, 1.54) is 6.07 Å². The van der Waals surface area contributed by atoms with Crippen molar-refractivity contribution in [3.05, 3.63) is 48.0 Å². The molecule has 3 aromatic rings. The molecule has 1 aromatic heterocycles. The van der Waals surface area contributed by atoms with E-state index in [1.807, 2.05) is 28.8 Å². The summed E-state index contributed by atoms with van der Waals surface area (Å²) in [4.78, 5) is 30.5. The van der Waals surface area contributed by atoms with Crippen LogP contribution in [-0.2, 0) is 32.6 Å². The highest BCUT2D eigenvalue weighted by atomic mass is 32.2. The van der Waals surface area contributed by atoms with Gasteiger partial charge in [0.15, 0.2) is 0 Å². The lowest BCUT2D eigenvalue weighted by molar-refractivity contribution is -0.118. The van der Waals surface area contributed by atoms with E-state index >= 15 is 0 Å². The molecule has 2 N–H and O–H groups in total. The molecule has 3 heterocycles. The lowest BCUT2D eigenvalue weighted by atomic mass is 10.0. The molecular weight excluding hydrogens is 418 g/mol. The van der Waals surface area contributed by atoms with Crippen molar-refractivity contribution in [3.63, 3.8) is 0 Å². The molecule has 160 valence electrons. The number of carbonyl (C=O) groups is 2. The summed E-state index contributed by atoms with van der Waals surface area (Å²) in [6.45, 7) is 1.18. The number of fused-ring (bicyclic) bond motifs is 4. The van der Waals surface area contributed by atoms with Crippen LogP contribution in [0.15, 0.2) is 47.4 Å². The van der Waals surface area contributed by atoms with Gasteiger partial charge in [0.05, 0.1) is 15.9 Å². The molecule has 5 rings (SSSR count). The van der Waals surface area contributed by atoms with Gasteiger partial charge < -0.3 is 9.88 Å². The molecule has 2 amide bonds. The third-order valence-electron chi connectivity index (χ3n) is 5.64. The number of sulfonamides is 1. The first-order valence-corrected chi connectivity index (χ1v) is 11.6. The zero-order valence-corrected chi connectivity index (χ0v) is 17.5. The fourth-order valence-electron chi connectivity index (χ4n) is 4.06. The fourth-order valence-corrected chi connectivity index (χ4v) is 5.15. The van der Waals surface area contributed by atoms with Crippen molar-refractivity contribution in [2.24, 2.45) is 0 Å². The van der Waals surface area contributed by atoms with Crippen LogP contribution in [-0.4, -0.2) is 42.9 Å². The normalized spacial score (nSPS) is 15.6. The van der Waals surface area contributed by atoms with Crippen molar-refractivity contribution >= 4 is 44.5 Å². The Morgan fingerprint density at radius 3 is 2.84 bits per heavy atom. The van der Waals surface area contributed by atoms with Gasteiger partial charge in [-0.3, -0.25) is 14.5 Å². The van der Waals surface area contributed by atoms with E-state index in [-0.39, 0.29) is 29.7 Å². The second kappa shape index (κ2) is 7.47. The predicted molar refractivity (Wildman–Crippen MR) is 115 cm³/mol. The van der Waals surface area contributed by atoms with Gasteiger partial charge in [-0.25, -0.2) is 18.1 Å². The average Bonchev–Trinajstić information content (AvgIpc) is 3.32. The molecule has 9 nitrogen and oxygen atoms in total. The molecule has 2 aromatic carbocycles. The number of imidazole rings is 1. The molecule has 10 heteroatoms. The minimum atomic E-state index is -3.76. The number of benzene rings is 2. The first-order chi connectivity index (χ1) is 14.9. The van der Waals surface area contributed by atoms with Crippen molar-refractivity contribution in [1.82, 2.24) is 14.3 Å². The maximum atomic E-state index is 12.7. The highest BCUT2D eigenvalue weighted by Crippen LogP contribution is 2.28. The fraction of sp³-hybridized carbons (Fsp3) is 0.286. The Hall–Kier alpha value is -3.24. The third-order valence-corrected chi connectivity index (χ3v) is 7.10. The van der Waals surface area contributed by atoms with Gasteiger partial charge in [-0.15, -0.1) is 0 Å². The Labute approximate surface area is 179 Å². The summed E-state index contributed by atoms with van der Waals surface area (Å²) >= 11 is 0. The number of aromatic nitrogens is 2. The lowest BCUT2D eigenvalue weighted by Gasteiger charge is -2.18. The monoisotopic (exact) mass is 439 g/mol. The van der Waals surface area contributed by atoms with Crippen LogP contribution in [0.3, 0.4) is 0 Å². The van der Waals surface area contributed by atoms with E-state index in [1.54, 1.807) is 17.0 Å². The van der Waals surface area contributed by atoms with Crippen LogP contribution in [0.5, 0.6) is 0 Å². The molecule has 0 bridgehead atoms. The molecule has 31 heavy (non-hydrogen) atoms. The molecular formula is C21H21N5O4S. The molecule has 0 radical (unpaired) electrons. The first-order valence-electron chi connectivity index (χ1n) is 10.1. The number of rotatable bonds is 5. The summed E-state index contributed by atoms with van der Waals surface area (Å²) in [6.07, 6.45) is 0.863. The van der Waals surface area contributed by atoms with Crippen LogP contribution in [0, 0.1) is 0 Å². The van der Waals surface area contributed by atoms with E-state index in [0.717, 1.165) is 16.6 Å². The molecule has 2 aliphatic rings. The topological polar surface area (TPSA) is 113 Å². The Bertz CT molecular complexity index is 1310. The summed E-state index contributed by atoms with van der Waals surface area (Å²) in [5, 5.41) is 2.73. The molecule has 0 atom stereocenters. The summed E-state index contributed by atoms with van der Waals surface area (Å²) in [5.74, 6) is 0.353. The number of nitrogens with one attached hydrogen (secondary N) is 2. The van der Waals surface area contributed by atoms with Crippen molar-refractivity contribution in [1.29, 1.82) is 0 Å². The zero-order valence-electron chi connectivity index (χ0n) is 16.7. The standard InChI is InChI=1S/C21H21N5O4S/c27-19-8-5-14-13-15(6-7-16(14)23-19)31(29,30)22-10-9-20(28)26-12-11-25-18-4-2-1-3-17(18)24-21(25)26/h1-4,6-7,13,22H,5,8-12H2,(H,23,27). The van der Waals surface area contributed by atoms with Gasteiger partial charge >= 0.3 is 0 Å². The number of para-hydroxylation sites is 2. The summed E-state index contributed by atoms with van der Waals surface area (Å²) < 4.78 is 29.8. The van der Waals surface area contributed by atoms with Gasteiger partial charge in [-0.1, -0.05) is 12.1 Å². The smallest absolute Gasteiger partial charge is 0.240 e. The van der Waals surface area contributed by atoms with Crippen LogP contribution in [0.1, 0.15) is 18.4 Å². The third kappa shape index (κ3) is 3.57. The Balaban J connectivity index is 1.24. The van der Waals surface area contributed by atoms with Crippen molar-refractivity contribution < 1.29 is 18.0 Å². The van der Waals surface area contributed by atoms with Crippen LogP contribution in [0.25, 0.3) is 11.0 Å². The van der Waals surface area contributed by atoms with Crippen molar-refractivity contribution in [2.75, 3.05) is 23.3 Å². The first kappa shape index (κ1) is 19.7. The number of hydrogen-bond acceptors (Lipinski definition) is 5. The van der Waals surface area contributed by atoms with Gasteiger partial charge in [-0.05, 0) is 42.3 Å². The molecule has 0 saturated heterocycles. The van der Waals surface area contributed by atoms with E-state index in [0.29, 0.717) is 37.6 Å². The maximum absolute atomic E-state index is 12.7. The average molecular weight is 439 g/mol. The molecule has 0 spiro atoms. The van der Waals surface area contributed by atoms with E-state index < -0.39 is 10.0 Å². The van der Waals surface area contributed by atoms with E-state index in [9.17, 15) is 18.0 Å². The molecule has 0 saturated carbocycles. The van der Waals surface area contributed by atoms with Crippen LogP contribution in [0.2, 0.25) is 0 Å². The Morgan fingerprint density at radius 2 is 1.97 bits per heavy atom. The minimum Gasteiger partial charge on any atom is -0.326 e. The minimum absolute atomic E-state index is 0.00822. The largest absolute Gasteiger partial charge is 0.326 e. The molecule has 0 fully saturated rings. The SMILES string of the molecule is O=C1CCc2cc(S(=O)(=O)NCCC(=O)N3CCn4c3nc3ccccc34)ccc2N1. The summed E-state index contributed by atoms with van der Waals surface area (Å²) in [5.41, 5.74) is 3.24. The lowest BCUT2D eigenvalue weighted by Crippen LogP contribution is -2.34. The Kier molecular flexibility index (Phi) is 4.75. The number of nitrogens with zero attached hydrogens (tertiary/aromatic N) is 3. The van der Waals surface area contributed by atoms with Crippen molar-refractivity contribution in [2.45, 2.75) is 30.7 Å². The quantitative estimate of drug-likeness (QED) is 0.627. The van der Waals surface area contributed by atoms with Gasteiger partial charge in [0.1, 0.15) is 0 Å². The maximum Gasteiger partial charge on any atom is 0.240 e. The van der Waals surface area contributed by atoms with Gasteiger partial charge in [-0.2, -0.15) is 0 Å².